The molecule has 31 heavy (non-hydrogen) atoms. The number of aliphatic hydroxyl groups is 1. The lowest BCUT2D eigenvalue weighted by Crippen LogP contribution is -2.29. The van der Waals surface area contributed by atoms with Crippen LogP contribution in [0.3, 0.4) is 0 Å². The van der Waals surface area contributed by atoms with Gasteiger partial charge in [-0.3, -0.25) is 14.5 Å². The van der Waals surface area contributed by atoms with Gasteiger partial charge in [-0.25, -0.2) is 0 Å². The number of hydrogen-bond donors (Lipinski definition) is 2. The van der Waals surface area contributed by atoms with Crippen LogP contribution in [0, 0.1) is 6.92 Å². The number of ether oxygens (including phenoxy) is 1. The third kappa shape index (κ3) is 3.53. The van der Waals surface area contributed by atoms with Crippen LogP contribution < -0.4 is 9.64 Å². The number of amides is 1. The molecule has 1 aliphatic heterocycles. The van der Waals surface area contributed by atoms with Gasteiger partial charge in [-0.1, -0.05) is 54.1 Å². The van der Waals surface area contributed by atoms with E-state index in [1.165, 1.54) is 24.1 Å². The summed E-state index contributed by atoms with van der Waals surface area (Å²) in [7, 11) is 1.48. The van der Waals surface area contributed by atoms with Crippen molar-refractivity contribution >= 4 is 23.1 Å². The lowest BCUT2D eigenvalue weighted by atomic mass is 9.95. The molecule has 1 amide bonds. The molecule has 1 fully saturated rings. The molecule has 156 valence electrons. The van der Waals surface area contributed by atoms with E-state index in [0.29, 0.717) is 22.6 Å². The zero-order valence-corrected chi connectivity index (χ0v) is 17.1. The van der Waals surface area contributed by atoms with Crippen LogP contribution in [0.1, 0.15) is 22.7 Å². The number of aliphatic hydroxyl groups excluding tert-OH is 1. The smallest absolute Gasteiger partial charge is 0.300 e. The van der Waals surface area contributed by atoms with Crippen molar-refractivity contribution in [2.24, 2.45) is 0 Å². The van der Waals surface area contributed by atoms with E-state index < -0.39 is 17.7 Å². The van der Waals surface area contributed by atoms with Gasteiger partial charge in [0.2, 0.25) is 0 Å². The predicted octanol–water partition coefficient (Wildman–Crippen LogP) is 4.34. The molecule has 6 heteroatoms. The summed E-state index contributed by atoms with van der Waals surface area (Å²) in [5.41, 5.74) is 2.39. The lowest BCUT2D eigenvalue weighted by Gasteiger charge is -2.26. The third-order valence-corrected chi connectivity index (χ3v) is 5.32. The Morgan fingerprint density at radius 1 is 0.935 bits per heavy atom. The van der Waals surface area contributed by atoms with Crippen LogP contribution in [-0.4, -0.2) is 29.0 Å². The summed E-state index contributed by atoms with van der Waals surface area (Å²) in [4.78, 5) is 27.6. The number of hydrogen-bond acceptors (Lipinski definition) is 5. The summed E-state index contributed by atoms with van der Waals surface area (Å²) in [6.07, 6.45) is 0. The minimum absolute atomic E-state index is 0.0227. The average Bonchev–Trinajstić information content (AvgIpc) is 3.04. The molecular formula is C25H21NO5. The van der Waals surface area contributed by atoms with Crippen LogP contribution in [0.15, 0.2) is 78.4 Å². The molecule has 1 saturated heterocycles. The Balaban J connectivity index is 1.96. The van der Waals surface area contributed by atoms with E-state index in [1.54, 1.807) is 48.5 Å². The molecule has 2 N–H and O–H groups in total. The highest BCUT2D eigenvalue weighted by Gasteiger charge is 2.47. The van der Waals surface area contributed by atoms with Crippen molar-refractivity contribution in [3.63, 3.8) is 0 Å². The van der Waals surface area contributed by atoms with Gasteiger partial charge in [-0.15, -0.1) is 0 Å². The number of aromatic hydroxyl groups is 1. The van der Waals surface area contributed by atoms with E-state index in [9.17, 15) is 19.8 Å². The first-order valence-electron chi connectivity index (χ1n) is 9.72. The molecule has 0 aromatic heterocycles. The van der Waals surface area contributed by atoms with Crippen LogP contribution in [0.4, 0.5) is 5.69 Å². The van der Waals surface area contributed by atoms with Crippen molar-refractivity contribution in [2.75, 3.05) is 12.0 Å². The Morgan fingerprint density at radius 3 is 2.23 bits per heavy atom. The molecule has 6 nitrogen and oxygen atoms in total. The summed E-state index contributed by atoms with van der Waals surface area (Å²) in [5, 5.41) is 20.8. The van der Waals surface area contributed by atoms with Gasteiger partial charge in [0.1, 0.15) is 17.3 Å². The summed E-state index contributed by atoms with van der Waals surface area (Å²) in [6, 6.07) is 19.2. The fraction of sp³-hybridized carbons (Fsp3) is 0.120. The maximum absolute atomic E-state index is 13.2. The molecular weight excluding hydrogens is 394 g/mol. The Hall–Kier alpha value is -4.06. The van der Waals surface area contributed by atoms with E-state index in [2.05, 4.69) is 0 Å². The van der Waals surface area contributed by atoms with Gasteiger partial charge in [0.25, 0.3) is 11.7 Å². The molecule has 1 aliphatic rings. The molecule has 0 aliphatic carbocycles. The second-order valence-corrected chi connectivity index (χ2v) is 7.30. The molecule has 1 unspecified atom stereocenters. The molecule has 1 heterocycles. The highest BCUT2D eigenvalue weighted by molar-refractivity contribution is 6.51. The van der Waals surface area contributed by atoms with Gasteiger partial charge in [-0.05, 0) is 36.8 Å². The molecule has 3 aromatic rings. The van der Waals surface area contributed by atoms with Crippen molar-refractivity contribution in [3.8, 4) is 11.5 Å². The number of nitrogens with zero attached hydrogens (tertiary/aromatic N) is 1. The van der Waals surface area contributed by atoms with Crippen molar-refractivity contribution in [1.29, 1.82) is 0 Å². The highest BCUT2D eigenvalue weighted by atomic mass is 16.5. The lowest BCUT2D eigenvalue weighted by molar-refractivity contribution is -0.132. The predicted molar refractivity (Wildman–Crippen MR) is 117 cm³/mol. The number of para-hydroxylation sites is 2. The number of anilines is 1. The van der Waals surface area contributed by atoms with Crippen LogP contribution >= 0.6 is 0 Å². The van der Waals surface area contributed by atoms with Gasteiger partial charge >= 0.3 is 0 Å². The van der Waals surface area contributed by atoms with E-state index >= 15 is 0 Å². The monoisotopic (exact) mass is 415 g/mol. The maximum atomic E-state index is 13.2. The van der Waals surface area contributed by atoms with Crippen molar-refractivity contribution in [1.82, 2.24) is 0 Å². The number of rotatable bonds is 4. The standard InChI is InChI=1S/C25H21NO5/c1-15-7-9-17(10-8-15)23(28)21-22(16-11-13-18(27)14-12-16)26(25(30)24(21)29)19-5-3-4-6-20(19)31-2/h3-14,22,27-28H,1-2H3/b23-21+. The zero-order chi connectivity index (χ0) is 22.1. The first-order valence-corrected chi connectivity index (χ1v) is 9.72. The molecule has 1 atom stereocenters. The summed E-state index contributed by atoms with van der Waals surface area (Å²) < 4.78 is 5.41. The van der Waals surface area contributed by atoms with Gasteiger partial charge < -0.3 is 14.9 Å². The minimum atomic E-state index is -0.891. The highest BCUT2D eigenvalue weighted by Crippen LogP contribution is 2.45. The van der Waals surface area contributed by atoms with Crippen molar-refractivity contribution < 1.29 is 24.5 Å². The summed E-state index contributed by atoms with van der Waals surface area (Å²) in [6.45, 7) is 1.92. The number of phenolic OH excluding ortho intramolecular Hbond substituents is 1. The van der Waals surface area contributed by atoms with E-state index in [4.69, 9.17) is 4.74 Å². The number of phenols is 1. The number of methoxy groups -OCH3 is 1. The first-order chi connectivity index (χ1) is 14.9. The summed E-state index contributed by atoms with van der Waals surface area (Å²) >= 11 is 0. The Labute approximate surface area is 179 Å². The number of ketones is 1. The molecule has 0 saturated carbocycles. The van der Waals surface area contributed by atoms with E-state index in [0.717, 1.165) is 5.56 Å². The second kappa shape index (κ2) is 7.99. The van der Waals surface area contributed by atoms with Crippen LogP contribution in [0.2, 0.25) is 0 Å². The van der Waals surface area contributed by atoms with Gasteiger partial charge in [-0.2, -0.15) is 0 Å². The molecule has 0 bridgehead atoms. The van der Waals surface area contributed by atoms with Gasteiger partial charge in [0.15, 0.2) is 0 Å². The van der Waals surface area contributed by atoms with Crippen LogP contribution in [-0.2, 0) is 9.59 Å². The first kappa shape index (κ1) is 20.2. The van der Waals surface area contributed by atoms with Crippen LogP contribution in [0.25, 0.3) is 5.76 Å². The Kier molecular flexibility index (Phi) is 5.21. The quantitative estimate of drug-likeness (QED) is 0.376. The summed E-state index contributed by atoms with van der Waals surface area (Å²) in [5.74, 6) is -1.34. The number of carbonyl (C=O) groups is 2. The Morgan fingerprint density at radius 2 is 1.58 bits per heavy atom. The fourth-order valence-corrected chi connectivity index (χ4v) is 3.75. The van der Waals surface area contributed by atoms with E-state index in [1.807, 2.05) is 19.1 Å². The second-order valence-electron chi connectivity index (χ2n) is 7.30. The van der Waals surface area contributed by atoms with Crippen molar-refractivity contribution in [2.45, 2.75) is 13.0 Å². The minimum Gasteiger partial charge on any atom is -0.508 e. The normalized spacial score (nSPS) is 17.7. The van der Waals surface area contributed by atoms with Crippen LogP contribution in [0.5, 0.6) is 11.5 Å². The Bertz CT molecular complexity index is 1180. The number of aryl methyl sites for hydroxylation is 1. The topological polar surface area (TPSA) is 87.1 Å². The third-order valence-electron chi connectivity index (χ3n) is 5.32. The number of benzene rings is 3. The van der Waals surface area contributed by atoms with Crippen molar-refractivity contribution in [3.05, 3.63) is 95.1 Å². The zero-order valence-electron chi connectivity index (χ0n) is 17.1. The fourth-order valence-electron chi connectivity index (χ4n) is 3.75. The number of carbonyl (C=O) groups excluding carboxylic acids is 2. The van der Waals surface area contributed by atoms with Gasteiger partial charge in [0.05, 0.1) is 24.4 Å². The largest absolute Gasteiger partial charge is 0.508 e. The molecule has 0 radical (unpaired) electrons. The molecule has 0 spiro atoms. The number of Topliss-reactive ketones (excluding diaryl/α,β-unsaturated/α-hetero) is 1. The van der Waals surface area contributed by atoms with Gasteiger partial charge in [0, 0.05) is 5.56 Å². The maximum Gasteiger partial charge on any atom is 0.300 e. The molecule has 4 rings (SSSR count). The SMILES string of the molecule is COc1ccccc1N1C(=O)C(=O)/C(=C(/O)c2ccc(C)cc2)C1c1ccc(O)cc1. The molecule has 3 aromatic carbocycles. The van der Waals surface area contributed by atoms with E-state index in [-0.39, 0.29) is 17.1 Å². The average molecular weight is 415 g/mol.